The minimum Gasteiger partial charge on any atom is -0.501 e. The normalized spacial score (nSPS) is 10.6. The molecular weight excluding hydrogens is 669 g/mol. The van der Waals surface area contributed by atoms with E-state index in [4.69, 9.17) is 4.42 Å². The molecule has 7 rings (SSSR count). The van der Waals surface area contributed by atoms with Crippen molar-refractivity contribution in [3.63, 3.8) is 0 Å². The molecule has 0 fully saturated rings. The Labute approximate surface area is 247 Å². The van der Waals surface area contributed by atoms with E-state index in [-0.39, 0.29) is 20.1 Å². The Balaban J connectivity index is 0.000000158. The molecule has 0 atom stereocenters. The topological polar surface area (TPSA) is 38.9 Å². The van der Waals surface area contributed by atoms with Crippen LogP contribution in [0.4, 0.5) is 0 Å². The zero-order valence-electron chi connectivity index (χ0n) is 22.2. The number of nitrogens with zero attached hydrogens (tertiary/aromatic N) is 2. The summed E-state index contributed by atoms with van der Waals surface area (Å²) in [5.41, 5.74) is 10.3. The van der Waals surface area contributed by atoms with Crippen LogP contribution in [0.2, 0.25) is 0 Å². The SMILES string of the molecule is Cc1cc(-c2[c-]cccc2)ncc1-c1ccccc1.Cc1ccc(-c2[c-]ccc3c2oc2ccccc23)nc1.[Ir]. The maximum Gasteiger partial charge on any atom is 0.120 e. The average molecular weight is 695 g/mol. The molecule has 40 heavy (non-hydrogen) atoms. The van der Waals surface area contributed by atoms with Gasteiger partial charge in [-0.3, -0.25) is 0 Å². The van der Waals surface area contributed by atoms with Crippen LogP contribution < -0.4 is 0 Å². The quantitative estimate of drug-likeness (QED) is 0.173. The summed E-state index contributed by atoms with van der Waals surface area (Å²) >= 11 is 0. The van der Waals surface area contributed by atoms with Gasteiger partial charge in [-0.2, -0.15) is 0 Å². The second-order valence-electron chi connectivity index (χ2n) is 9.44. The third-order valence-electron chi connectivity index (χ3n) is 6.69. The minimum absolute atomic E-state index is 0. The van der Waals surface area contributed by atoms with E-state index < -0.39 is 0 Å². The van der Waals surface area contributed by atoms with Gasteiger partial charge in [-0.15, -0.1) is 54.1 Å². The molecule has 3 aromatic heterocycles. The molecule has 0 unspecified atom stereocenters. The van der Waals surface area contributed by atoms with Gasteiger partial charge in [0.05, 0.1) is 5.58 Å². The van der Waals surface area contributed by atoms with Crippen molar-refractivity contribution < 1.29 is 24.5 Å². The van der Waals surface area contributed by atoms with Crippen molar-refractivity contribution in [2.75, 3.05) is 0 Å². The smallest absolute Gasteiger partial charge is 0.120 e. The number of hydrogen-bond donors (Lipinski definition) is 0. The van der Waals surface area contributed by atoms with Crippen molar-refractivity contribution >= 4 is 21.9 Å². The summed E-state index contributed by atoms with van der Waals surface area (Å²) in [6, 6.07) is 43.0. The standard InChI is InChI=1S/C18H12NO.C18H14N.Ir/c1-12-9-10-16(19-11-12)15-7-4-6-14-13-5-2-3-8-17(13)20-18(14)15;1-14-12-18(16-10-6-3-7-11-16)19-13-17(14)15-8-4-2-5-9-15;/h2-6,8-11H,1H3;2-10,12-13H,1H3;/q2*-1;. The molecule has 0 N–H and O–H groups in total. The molecule has 3 heterocycles. The van der Waals surface area contributed by atoms with Crippen LogP contribution in [0.1, 0.15) is 11.1 Å². The number of furan rings is 1. The van der Waals surface area contributed by atoms with Crippen molar-refractivity contribution in [1.29, 1.82) is 0 Å². The molecule has 0 spiro atoms. The molecule has 0 aliphatic carbocycles. The van der Waals surface area contributed by atoms with E-state index in [1.165, 1.54) is 16.7 Å². The molecule has 3 nitrogen and oxygen atoms in total. The summed E-state index contributed by atoms with van der Waals surface area (Å²) < 4.78 is 6.00. The molecule has 0 saturated heterocycles. The summed E-state index contributed by atoms with van der Waals surface area (Å²) in [5.74, 6) is 0. The van der Waals surface area contributed by atoms with E-state index in [0.717, 1.165) is 50.0 Å². The molecule has 4 aromatic carbocycles. The Morgan fingerprint density at radius 2 is 1.43 bits per heavy atom. The predicted octanol–water partition coefficient (Wildman–Crippen LogP) is 9.28. The van der Waals surface area contributed by atoms with Gasteiger partial charge in [-0.25, -0.2) is 0 Å². The molecule has 0 aliphatic heterocycles. The van der Waals surface area contributed by atoms with Gasteiger partial charge in [-0.05, 0) is 48.0 Å². The number of hydrogen-bond acceptors (Lipinski definition) is 3. The van der Waals surface area contributed by atoms with Crippen LogP contribution in [0.15, 0.2) is 126 Å². The Bertz CT molecular complexity index is 1860. The van der Waals surface area contributed by atoms with E-state index in [1.807, 2.05) is 98.2 Å². The Kier molecular flexibility index (Phi) is 8.31. The fourth-order valence-corrected chi connectivity index (χ4v) is 4.67. The maximum absolute atomic E-state index is 6.00. The number of fused-ring (bicyclic) bond motifs is 3. The molecule has 197 valence electrons. The zero-order valence-corrected chi connectivity index (χ0v) is 24.6. The second kappa shape index (κ2) is 12.2. The zero-order chi connectivity index (χ0) is 26.6. The summed E-state index contributed by atoms with van der Waals surface area (Å²) in [7, 11) is 0. The first-order valence-corrected chi connectivity index (χ1v) is 12.9. The van der Waals surface area contributed by atoms with Crippen molar-refractivity contribution in [3.05, 3.63) is 145 Å². The first-order chi connectivity index (χ1) is 19.2. The summed E-state index contributed by atoms with van der Waals surface area (Å²) in [6.45, 7) is 4.15. The monoisotopic (exact) mass is 695 g/mol. The van der Waals surface area contributed by atoms with Crippen molar-refractivity contribution in [1.82, 2.24) is 9.97 Å². The van der Waals surface area contributed by atoms with Gasteiger partial charge in [0.25, 0.3) is 0 Å². The number of aryl methyl sites for hydroxylation is 2. The van der Waals surface area contributed by atoms with Crippen LogP contribution in [0.3, 0.4) is 0 Å². The van der Waals surface area contributed by atoms with E-state index >= 15 is 0 Å². The van der Waals surface area contributed by atoms with Gasteiger partial charge in [0, 0.05) is 43.4 Å². The van der Waals surface area contributed by atoms with Crippen LogP contribution in [-0.4, -0.2) is 9.97 Å². The summed E-state index contributed by atoms with van der Waals surface area (Å²) in [6.07, 6.45) is 3.81. The molecular formula is C36H26IrN2O-2. The Morgan fingerprint density at radius 3 is 2.17 bits per heavy atom. The first kappa shape index (κ1) is 27.2. The van der Waals surface area contributed by atoms with Gasteiger partial charge < -0.3 is 14.4 Å². The third-order valence-corrected chi connectivity index (χ3v) is 6.69. The molecule has 0 bridgehead atoms. The van der Waals surface area contributed by atoms with Gasteiger partial charge in [0.1, 0.15) is 5.58 Å². The van der Waals surface area contributed by atoms with Gasteiger partial charge in [-0.1, -0.05) is 77.7 Å². The summed E-state index contributed by atoms with van der Waals surface area (Å²) in [5, 5.41) is 2.24. The van der Waals surface area contributed by atoms with Crippen LogP contribution in [0.25, 0.3) is 55.6 Å². The number of pyridine rings is 2. The molecule has 7 aromatic rings. The average Bonchev–Trinajstić information content (AvgIpc) is 3.38. The van der Waals surface area contributed by atoms with Crippen LogP contribution in [0.5, 0.6) is 0 Å². The fourth-order valence-electron chi connectivity index (χ4n) is 4.67. The molecule has 4 heteroatoms. The number of rotatable bonds is 3. The molecule has 1 radical (unpaired) electrons. The minimum atomic E-state index is 0. The molecule has 0 saturated carbocycles. The predicted molar refractivity (Wildman–Crippen MR) is 159 cm³/mol. The van der Waals surface area contributed by atoms with E-state index in [1.54, 1.807) is 0 Å². The van der Waals surface area contributed by atoms with E-state index in [0.29, 0.717) is 0 Å². The van der Waals surface area contributed by atoms with Crippen LogP contribution >= 0.6 is 0 Å². The van der Waals surface area contributed by atoms with Gasteiger partial charge >= 0.3 is 0 Å². The van der Waals surface area contributed by atoms with Gasteiger partial charge in [0.2, 0.25) is 0 Å². The van der Waals surface area contributed by atoms with Gasteiger partial charge in [0.15, 0.2) is 0 Å². The Morgan fingerprint density at radius 1 is 0.650 bits per heavy atom. The second-order valence-corrected chi connectivity index (χ2v) is 9.44. The Hall–Kier alpha value is -4.37. The largest absolute Gasteiger partial charge is 0.501 e. The molecule has 0 amide bonds. The summed E-state index contributed by atoms with van der Waals surface area (Å²) in [4.78, 5) is 9.03. The van der Waals surface area contributed by atoms with Crippen molar-refractivity contribution in [2.24, 2.45) is 0 Å². The third kappa shape index (κ3) is 5.65. The van der Waals surface area contributed by atoms with Crippen LogP contribution in [0, 0.1) is 26.0 Å². The number of aromatic nitrogens is 2. The van der Waals surface area contributed by atoms with Crippen LogP contribution in [-0.2, 0) is 20.1 Å². The first-order valence-electron chi connectivity index (χ1n) is 12.9. The maximum atomic E-state index is 6.00. The molecule has 0 aliphatic rings. The van der Waals surface area contributed by atoms with Crippen molar-refractivity contribution in [2.45, 2.75) is 13.8 Å². The van der Waals surface area contributed by atoms with E-state index in [9.17, 15) is 0 Å². The van der Waals surface area contributed by atoms with E-state index in [2.05, 4.69) is 59.4 Å². The van der Waals surface area contributed by atoms with Crippen molar-refractivity contribution in [3.8, 4) is 33.6 Å². The number of para-hydroxylation sites is 1. The number of benzene rings is 4. The fraction of sp³-hybridized carbons (Fsp3) is 0.0556.